The van der Waals surface area contributed by atoms with Crippen LogP contribution in [-0.4, -0.2) is 10.9 Å². The Bertz CT molecular complexity index is 383. The summed E-state index contributed by atoms with van der Waals surface area (Å²) in [6.07, 6.45) is 3.91. The molecule has 2 rings (SSSR count). The quantitative estimate of drug-likeness (QED) is 0.579. The van der Waals surface area contributed by atoms with E-state index in [0.717, 1.165) is 12.1 Å². The topological polar surface area (TPSA) is 89.3 Å². The molecular formula is C12H16N2O2. The van der Waals surface area contributed by atoms with Crippen LogP contribution in [0.1, 0.15) is 19.3 Å². The van der Waals surface area contributed by atoms with Gasteiger partial charge in [0.15, 0.2) is 0 Å². The molecule has 86 valence electrons. The number of anilines is 1. The normalized spacial score (nSPS) is 14.8. The lowest BCUT2D eigenvalue weighted by molar-refractivity contribution is -0.118. The minimum absolute atomic E-state index is 0.213. The van der Waals surface area contributed by atoms with Crippen LogP contribution in [0.2, 0.25) is 0 Å². The van der Waals surface area contributed by atoms with Crippen LogP contribution < -0.4 is 11.5 Å². The van der Waals surface area contributed by atoms with Crippen molar-refractivity contribution in [1.29, 1.82) is 0 Å². The summed E-state index contributed by atoms with van der Waals surface area (Å²) >= 11 is 0. The fraction of sp³-hybridized carbons (Fsp3) is 0.250. The highest BCUT2D eigenvalue weighted by Gasteiger charge is 2.06. The van der Waals surface area contributed by atoms with E-state index >= 15 is 0 Å². The molecule has 4 heteroatoms. The molecule has 1 aromatic rings. The molecule has 0 saturated heterocycles. The average molecular weight is 220 g/mol. The van der Waals surface area contributed by atoms with Gasteiger partial charge < -0.3 is 16.6 Å². The third kappa shape index (κ3) is 4.50. The van der Waals surface area contributed by atoms with Gasteiger partial charge >= 0.3 is 0 Å². The molecule has 0 saturated carbocycles. The summed E-state index contributed by atoms with van der Waals surface area (Å²) in [4.78, 5) is 10.6. The lowest BCUT2D eigenvalue weighted by Gasteiger charge is -2.04. The van der Waals surface area contributed by atoms with Gasteiger partial charge in [0.2, 0.25) is 0 Å². The van der Waals surface area contributed by atoms with E-state index in [1.807, 2.05) is 6.08 Å². The first-order valence-electron chi connectivity index (χ1n) is 5.08. The first-order valence-corrected chi connectivity index (χ1v) is 5.08. The summed E-state index contributed by atoms with van der Waals surface area (Å²) in [7, 11) is 0. The third-order valence-electron chi connectivity index (χ3n) is 2.10. The highest BCUT2D eigenvalue weighted by Crippen LogP contribution is 2.11. The van der Waals surface area contributed by atoms with Crippen molar-refractivity contribution in [2.45, 2.75) is 19.3 Å². The average Bonchev–Trinajstić information content (AvgIpc) is 2.17. The number of phenolic OH excluding ortho intramolecular Hbond substituents is 1. The highest BCUT2D eigenvalue weighted by atomic mass is 16.3. The van der Waals surface area contributed by atoms with Crippen molar-refractivity contribution in [1.82, 2.24) is 0 Å². The molecule has 1 aliphatic rings. The van der Waals surface area contributed by atoms with Gasteiger partial charge in [0, 0.05) is 30.3 Å². The predicted molar refractivity (Wildman–Crippen MR) is 63.6 cm³/mol. The van der Waals surface area contributed by atoms with Crippen LogP contribution in [0.3, 0.4) is 0 Å². The zero-order valence-corrected chi connectivity index (χ0v) is 9.02. The van der Waals surface area contributed by atoms with E-state index in [1.54, 1.807) is 18.2 Å². The molecular weight excluding hydrogens is 204 g/mol. The van der Waals surface area contributed by atoms with Gasteiger partial charge in [0.25, 0.3) is 0 Å². The summed E-state index contributed by atoms with van der Waals surface area (Å²) in [6, 6.07) is 6.50. The molecule has 1 aliphatic carbocycles. The largest absolute Gasteiger partial charge is 0.508 e. The molecule has 0 aromatic heterocycles. The Morgan fingerprint density at radius 1 is 1.25 bits per heavy atom. The van der Waals surface area contributed by atoms with E-state index in [-0.39, 0.29) is 11.5 Å². The molecule has 16 heavy (non-hydrogen) atoms. The maximum Gasteiger partial charge on any atom is 0.139 e. The first kappa shape index (κ1) is 12.1. The standard InChI is InChI=1S/C6H9NO.C6H7NO/c2*7-5-2-1-3-6(8)4-5/h2H,1,3-4,7H2;1-4,8H,7H2. The van der Waals surface area contributed by atoms with Crippen LogP contribution in [0.5, 0.6) is 5.75 Å². The lowest BCUT2D eigenvalue weighted by Crippen LogP contribution is -2.10. The Kier molecular flexibility index (Phi) is 4.39. The van der Waals surface area contributed by atoms with Crippen molar-refractivity contribution in [2.75, 3.05) is 5.73 Å². The van der Waals surface area contributed by atoms with Gasteiger partial charge in [-0.05, 0) is 18.6 Å². The number of hydrogen-bond acceptors (Lipinski definition) is 4. The van der Waals surface area contributed by atoms with E-state index in [4.69, 9.17) is 16.6 Å². The van der Waals surface area contributed by atoms with Gasteiger partial charge in [-0.15, -0.1) is 0 Å². The van der Waals surface area contributed by atoms with Gasteiger partial charge in [-0.25, -0.2) is 0 Å². The van der Waals surface area contributed by atoms with Crippen LogP contribution in [0.15, 0.2) is 36.0 Å². The molecule has 0 heterocycles. The van der Waals surface area contributed by atoms with Crippen LogP contribution in [0.25, 0.3) is 0 Å². The second-order valence-corrected chi connectivity index (χ2v) is 3.63. The minimum Gasteiger partial charge on any atom is -0.508 e. The summed E-state index contributed by atoms with van der Waals surface area (Å²) < 4.78 is 0. The fourth-order valence-electron chi connectivity index (χ4n) is 1.33. The number of hydrogen-bond donors (Lipinski definition) is 3. The smallest absolute Gasteiger partial charge is 0.139 e. The Morgan fingerprint density at radius 3 is 2.38 bits per heavy atom. The number of benzene rings is 1. The van der Waals surface area contributed by atoms with Crippen LogP contribution >= 0.6 is 0 Å². The number of carbonyl (C=O) groups is 1. The molecule has 0 amide bonds. The highest BCUT2D eigenvalue weighted by molar-refractivity contribution is 5.81. The molecule has 0 spiro atoms. The number of nitrogen functional groups attached to an aromatic ring is 1. The molecule has 0 unspecified atom stereocenters. The van der Waals surface area contributed by atoms with Gasteiger partial charge in [0.1, 0.15) is 11.5 Å². The van der Waals surface area contributed by atoms with Gasteiger partial charge in [-0.1, -0.05) is 12.1 Å². The van der Waals surface area contributed by atoms with Crippen LogP contribution in [0, 0.1) is 0 Å². The summed E-state index contributed by atoms with van der Waals surface area (Å²) in [5, 5.41) is 8.73. The van der Waals surface area contributed by atoms with Crippen LogP contribution in [-0.2, 0) is 4.79 Å². The second-order valence-electron chi connectivity index (χ2n) is 3.63. The summed E-state index contributed by atoms with van der Waals surface area (Å²) in [5.74, 6) is 0.481. The summed E-state index contributed by atoms with van der Waals surface area (Å²) in [5.41, 5.74) is 12.0. The van der Waals surface area contributed by atoms with E-state index in [2.05, 4.69) is 0 Å². The Labute approximate surface area is 94.6 Å². The Morgan fingerprint density at radius 2 is 2.00 bits per heavy atom. The van der Waals surface area contributed by atoms with Gasteiger partial charge in [-0.2, -0.15) is 0 Å². The number of rotatable bonds is 0. The summed E-state index contributed by atoms with van der Waals surface area (Å²) in [6.45, 7) is 0. The molecule has 1 aromatic carbocycles. The van der Waals surface area contributed by atoms with Crippen molar-refractivity contribution < 1.29 is 9.90 Å². The van der Waals surface area contributed by atoms with E-state index < -0.39 is 0 Å². The molecule has 0 atom stereocenters. The second kappa shape index (κ2) is 5.80. The van der Waals surface area contributed by atoms with Crippen molar-refractivity contribution in [3.8, 4) is 5.75 Å². The number of Topliss-reactive ketones (excluding diaryl/α,β-unsaturated/α-hetero) is 1. The minimum atomic E-state index is 0.213. The van der Waals surface area contributed by atoms with E-state index in [9.17, 15) is 4.79 Å². The molecule has 0 radical (unpaired) electrons. The number of phenols is 1. The molecule has 0 fully saturated rings. The van der Waals surface area contributed by atoms with Gasteiger partial charge in [-0.3, -0.25) is 4.79 Å². The van der Waals surface area contributed by atoms with Crippen molar-refractivity contribution in [3.05, 3.63) is 36.0 Å². The molecule has 0 bridgehead atoms. The number of ketones is 1. The van der Waals surface area contributed by atoms with Crippen molar-refractivity contribution >= 4 is 11.5 Å². The van der Waals surface area contributed by atoms with Crippen LogP contribution in [0.4, 0.5) is 5.69 Å². The van der Waals surface area contributed by atoms with Crippen molar-refractivity contribution in [3.63, 3.8) is 0 Å². The first-order chi connectivity index (χ1) is 7.58. The Balaban J connectivity index is 0.000000160. The molecule has 0 aliphatic heterocycles. The SMILES string of the molecule is NC1=CCCC(=O)C1.Nc1cccc(O)c1. The third-order valence-corrected chi connectivity index (χ3v) is 2.10. The van der Waals surface area contributed by atoms with E-state index in [1.165, 1.54) is 6.07 Å². The molecule has 5 N–H and O–H groups in total. The van der Waals surface area contributed by atoms with Crippen molar-refractivity contribution in [2.24, 2.45) is 5.73 Å². The number of allylic oxidation sites excluding steroid dienone is 2. The number of carbonyl (C=O) groups excluding carboxylic acids is 1. The monoisotopic (exact) mass is 220 g/mol. The lowest BCUT2D eigenvalue weighted by atomic mass is 10.0. The predicted octanol–water partition coefficient (Wildman–Crippen LogP) is 1.56. The number of aromatic hydroxyl groups is 1. The Hall–Kier alpha value is -1.97. The maximum absolute atomic E-state index is 10.6. The fourth-order valence-corrected chi connectivity index (χ4v) is 1.33. The van der Waals surface area contributed by atoms with E-state index in [0.29, 0.717) is 18.5 Å². The number of nitrogens with two attached hydrogens (primary N) is 2. The zero-order chi connectivity index (χ0) is 12.0. The zero-order valence-electron chi connectivity index (χ0n) is 9.02. The van der Waals surface area contributed by atoms with Gasteiger partial charge in [0.05, 0.1) is 0 Å². The molecule has 4 nitrogen and oxygen atoms in total. The maximum atomic E-state index is 10.6.